The van der Waals surface area contributed by atoms with Gasteiger partial charge < -0.3 is 10.2 Å². The number of unbranched alkanes of at least 4 members (excludes halogenated alkanes) is 10. The van der Waals surface area contributed by atoms with E-state index in [1.165, 1.54) is 44.9 Å². The lowest BCUT2D eigenvalue weighted by molar-refractivity contribution is 0.0586. The largest absolute Gasteiger partial charge is 0.465 e. The zero-order chi connectivity index (χ0) is 21.3. The molecule has 0 unspecified atom stereocenters. The van der Waals surface area contributed by atoms with Crippen LogP contribution in [0.4, 0.5) is 9.59 Å². The summed E-state index contributed by atoms with van der Waals surface area (Å²) in [5.41, 5.74) is -0.797. The average Bonchev–Trinajstić information content (AvgIpc) is 2.66. The lowest BCUT2D eigenvalue weighted by atomic mass is 9.85. The number of carboxylic acid groups (broad SMARTS) is 2. The molecule has 0 radical (unpaired) electrons. The molecule has 5 nitrogen and oxygen atoms in total. The first-order valence-corrected chi connectivity index (χ1v) is 11.4. The molecule has 5 heteroatoms. The maximum atomic E-state index is 11.4. The Morgan fingerprint density at radius 2 is 1.14 bits per heavy atom. The van der Waals surface area contributed by atoms with Gasteiger partial charge >= 0.3 is 12.2 Å². The van der Waals surface area contributed by atoms with Gasteiger partial charge in [0.15, 0.2) is 0 Å². The Hall–Kier alpha value is -1.52. The fourth-order valence-electron chi connectivity index (χ4n) is 3.87. The van der Waals surface area contributed by atoms with Crippen LogP contribution in [0, 0.1) is 0 Å². The van der Waals surface area contributed by atoms with Crippen molar-refractivity contribution in [3.63, 3.8) is 0 Å². The summed E-state index contributed by atoms with van der Waals surface area (Å²) in [7, 11) is 0. The molecule has 0 atom stereocenters. The van der Waals surface area contributed by atoms with Crippen molar-refractivity contribution in [3.05, 3.63) is 12.2 Å². The van der Waals surface area contributed by atoms with E-state index in [2.05, 4.69) is 19.1 Å². The Balaban J connectivity index is 3.96. The van der Waals surface area contributed by atoms with Gasteiger partial charge in [0.05, 0.1) is 5.54 Å². The lowest BCUT2D eigenvalue weighted by Crippen LogP contribution is -2.53. The fraction of sp³-hybridized carbons (Fsp3) is 0.826. The smallest absolute Gasteiger partial charge is 0.417 e. The summed E-state index contributed by atoms with van der Waals surface area (Å²) >= 11 is 0. The van der Waals surface area contributed by atoms with E-state index < -0.39 is 17.7 Å². The molecule has 0 saturated carbocycles. The maximum absolute atomic E-state index is 11.4. The van der Waals surface area contributed by atoms with E-state index in [1.807, 2.05) is 13.8 Å². The van der Waals surface area contributed by atoms with E-state index in [-0.39, 0.29) is 0 Å². The van der Waals surface area contributed by atoms with E-state index >= 15 is 0 Å². The van der Waals surface area contributed by atoms with Crippen LogP contribution in [-0.2, 0) is 0 Å². The van der Waals surface area contributed by atoms with Crippen molar-refractivity contribution >= 4 is 12.2 Å². The topological polar surface area (TPSA) is 77.8 Å². The summed E-state index contributed by atoms with van der Waals surface area (Å²) in [6, 6.07) is 0. The van der Waals surface area contributed by atoms with E-state index in [0.717, 1.165) is 32.1 Å². The summed E-state index contributed by atoms with van der Waals surface area (Å²) in [5, 5.41) is 18.6. The van der Waals surface area contributed by atoms with Crippen LogP contribution < -0.4 is 0 Å². The third-order valence-electron chi connectivity index (χ3n) is 5.83. The van der Waals surface area contributed by atoms with Gasteiger partial charge in [0.25, 0.3) is 0 Å². The number of hydrogen-bond donors (Lipinski definition) is 2. The van der Waals surface area contributed by atoms with Crippen LogP contribution in [0.3, 0.4) is 0 Å². The minimum Gasteiger partial charge on any atom is -0.465 e. The number of nitrogens with zero attached hydrogens (tertiary/aromatic N) is 1. The van der Waals surface area contributed by atoms with Gasteiger partial charge in [0.2, 0.25) is 0 Å². The summed E-state index contributed by atoms with van der Waals surface area (Å²) in [6.45, 7) is 5.99. The molecule has 0 aliphatic rings. The van der Waals surface area contributed by atoms with E-state index in [9.17, 15) is 19.8 Å². The summed E-state index contributed by atoms with van der Waals surface area (Å²) < 4.78 is 0. The molecule has 0 saturated heterocycles. The minimum atomic E-state index is -1.37. The first kappa shape index (κ1) is 26.5. The van der Waals surface area contributed by atoms with Crippen LogP contribution in [0.25, 0.3) is 0 Å². The highest BCUT2D eigenvalue weighted by Crippen LogP contribution is 2.31. The molecule has 0 aromatic rings. The van der Waals surface area contributed by atoms with Gasteiger partial charge in [-0.3, -0.25) is 0 Å². The summed E-state index contributed by atoms with van der Waals surface area (Å²) in [4.78, 5) is 23.4. The normalized spacial score (nSPS) is 11.8. The van der Waals surface area contributed by atoms with Crippen molar-refractivity contribution in [3.8, 4) is 0 Å². The third kappa shape index (κ3) is 10.7. The Bertz CT molecular complexity index is 430. The lowest BCUT2D eigenvalue weighted by Gasteiger charge is -2.38. The van der Waals surface area contributed by atoms with Gasteiger partial charge in [-0.05, 0) is 44.9 Å². The van der Waals surface area contributed by atoms with Crippen LogP contribution in [0.15, 0.2) is 12.2 Å². The Kier molecular flexibility index (Phi) is 15.5. The molecule has 0 rings (SSSR count). The SMILES string of the molecule is CCCCCCCC/C=C\CCCCCCC(CC)(CC)N(C(=O)O)C(=O)O. The molecular weight excluding hydrogens is 354 g/mol. The molecule has 164 valence electrons. The highest BCUT2D eigenvalue weighted by atomic mass is 16.4. The molecular formula is C23H43NO4. The predicted octanol–water partition coefficient (Wildman–Crippen LogP) is 7.85. The van der Waals surface area contributed by atoms with Crippen molar-refractivity contribution in [2.24, 2.45) is 0 Å². The fourth-order valence-corrected chi connectivity index (χ4v) is 3.87. The second-order valence-electron chi connectivity index (χ2n) is 7.81. The molecule has 0 bridgehead atoms. The number of allylic oxidation sites excluding steroid dienone is 2. The van der Waals surface area contributed by atoms with Gasteiger partial charge in [-0.2, -0.15) is 0 Å². The second-order valence-corrected chi connectivity index (χ2v) is 7.81. The summed E-state index contributed by atoms with van der Waals surface area (Å²) in [5.74, 6) is 0. The Morgan fingerprint density at radius 3 is 1.57 bits per heavy atom. The van der Waals surface area contributed by atoms with Gasteiger partial charge in [0.1, 0.15) is 0 Å². The zero-order valence-corrected chi connectivity index (χ0v) is 18.4. The van der Waals surface area contributed by atoms with Crippen LogP contribution in [0.5, 0.6) is 0 Å². The number of hydrogen-bond acceptors (Lipinski definition) is 2. The standard InChI is InChI=1S/C23H43NO4/c1-4-7-8-9-10-11-12-13-14-15-16-17-18-19-20-23(5-2,6-3)24(21(25)26)22(27)28/h13-14H,4-12,15-20H2,1-3H3,(H,25,26)(H,27,28)/b14-13-. The van der Waals surface area contributed by atoms with Crippen LogP contribution in [0.1, 0.15) is 117 Å². The maximum Gasteiger partial charge on any atom is 0.417 e. The van der Waals surface area contributed by atoms with Crippen molar-refractivity contribution in [1.29, 1.82) is 0 Å². The van der Waals surface area contributed by atoms with Crippen LogP contribution in [-0.4, -0.2) is 32.8 Å². The highest BCUT2D eigenvalue weighted by molar-refractivity contribution is 5.86. The first-order valence-electron chi connectivity index (χ1n) is 11.4. The van der Waals surface area contributed by atoms with Crippen LogP contribution >= 0.6 is 0 Å². The van der Waals surface area contributed by atoms with Crippen molar-refractivity contribution in [2.45, 2.75) is 123 Å². The molecule has 0 aromatic heterocycles. The quantitative estimate of drug-likeness (QED) is 0.193. The summed E-state index contributed by atoms with van der Waals surface area (Å²) in [6.07, 6.45) is 17.9. The molecule has 2 N–H and O–H groups in total. The number of amides is 2. The zero-order valence-electron chi connectivity index (χ0n) is 18.4. The van der Waals surface area contributed by atoms with Crippen molar-refractivity contribution < 1.29 is 19.8 Å². The number of carbonyl (C=O) groups is 2. The van der Waals surface area contributed by atoms with Gasteiger partial charge in [-0.25, -0.2) is 14.5 Å². The highest BCUT2D eigenvalue weighted by Gasteiger charge is 2.40. The Morgan fingerprint density at radius 1 is 0.714 bits per heavy atom. The molecule has 2 amide bonds. The molecule has 0 spiro atoms. The van der Waals surface area contributed by atoms with Gasteiger partial charge in [0, 0.05) is 0 Å². The molecule has 0 aliphatic carbocycles. The van der Waals surface area contributed by atoms with Gasteiger partial charge in [-0.15, -0.1) is 0 Å². The minimum absolute atomic E-state index is 0.517. The molecule has 28 heavy (non-hydrogen) atoms. The van der Waals surface area contributed by atoms with Crippen molar-refractivity contribution in [2.75, 3.05) is 0 Å². The molecule has 0 fully saturated rings. The molecule has 0 aliphatic heterocycles. The molecule has 0 heterocycles. The number of imide groups is 1. The molecule has 0 aromatic carbocycles. The first-order chi connectivity index (χ1) is 13.4. The van der Waals surface area contributed by atoms with Crippen molar-refractivity contribution in [1.82, 2.24) is 4.90 Å². The number of rotatable bonds is 17. The monoisotopic (exact) mass is 397 g/mol. The Labute approximate surface area is 172 Å². The van der Waals surface area contributed by atoms with E-state index in [0.29, 0.717) is 24.2 Å². The van der Waals surface area contributed by atoms with Crippen LogP contribution in [0.2, 0.25) is 0 Å². The third-order valence-corrected chi connectivity index (χ3v) is 5.83. The predicted molar refractivity (Wildman–Crippen MR) is 116 cm³/mol. The van der Waals surface area contributed by atoms with E-state index in [4.69, 9.17) is 0 Å². The second kappa shape index (κ2) is 16.4. The van der Waals surface area contributed by atoms with E-state index in [1.54, 1.807) is 0 Å². The average molecular weight is 398 g/mol. The van der Waals surface area contributed by atoms with Gasteiger partial charge in [-0.1, -0.05) is 84.3 Å².